The minimum absolute atomic E-state index is 0.167. The van der Waals surface area contributed by atoms with Gasteiger partial charge in [-0.1, -0.05) is 12.1 Å². The highest BCUT2D eigenvalue weighted by atomic mass is 16.5. The van der Waals surface area contributed by atoms with Crippen molar-refractivity contribution in [2.75, 3.05) is 18.2 Å². The Balaban J connectivity index is 2.32. The first-order chi connectivity index (χ1) is 9.60. The lowest BCUT2D eigenvalue weighted by Crippen LogP contribution is -2.07. The Morgan fingerprint density at radius 1 is 1.15 bits per heavy atom. The first-order valence-corrected chi connectivity index (χ1v) is 6.08. The number of carbonyl (C=O) groups is 1. The Labute approximate surface area is 117 Å². The van der Waals surface area contributed by atoms with Crippen molar-refractivity contribution in [1.82, 2.24) is 0 Å². The summed E-state index contributed by atoms with van der Waals surface area (Å²) in [5.41, 5.74) is 6.95. The second-order valence-corrected chi connectivity index (χ2v) is 4.18. The van der Waals surface area contributed by atoms with Crippen LogP contribution in [0.3, 0.4) is 0 Å². The van der Waals surface area contributed by atoms with Crippen LogP contribution in [0.5, 0.6) is 17.2 Å². The average Bonchev–Trinajstić information content (AvgIpc) is 2.43. The second-order valence-electron chi connectivity index (χ2n) is 4.18. The van der Waals surface area contributed by atoms with Crippen LogP contribution in [0.1, 0.15) is 6.92 Å². The molecule has 2 aromatic carbocycles. The fourth-order valence-corrected chi connectivity index (χ4v) is 1.70. The molecule has 0 bridgehead atoms. The fourth-order valence-electron chi connectivity index (χ4n) is 1.70. The second kappa shape index (κ2) is 5.97. The van der Waals surface area contributed by atoms with Gasteiger partial charge >= 0.3 is 0 Å². The number of rotatable bonds is 4. The number of para-hydroxylation sites is 2. The van der Waals surface area contributed by atoms with Gasteiger partial charge in [0.15, 0.2) is 11.5 Å². The van der Waals surface area contributed by atoms with E-state index in [-0.39, 0.29) is 5.91 Å². The minimum Gasteiger partial charge on any atom is -0.497 e. The van der Waals surface area contributed by atoms with Gasteiger partial charge in [0.1, 0.15) is 5.75 Å². The first-order valence-electron chi connectivity index (χ1n) is 6.08. The van der Waals surface area contributed by atoms with E-state index in [0.29, 0.717) is 28.6 Å². The summed E-state index contributed by atoms with van der Waals surface area (Å²) in [6, 6.07) is 12.3. The zero-order valence-electron chi connectivity index (χ0n) is 11.3. The minimum atomic E-state index is -0.167. The molecule has 0 saturated heterocycles. The molecule has 0 fully saturated rings. The molecule has 1 amide bonds. The lowest BCUT2D eigenvalue weighted by molar-refractivity contribution is -0.114. The van der Waals surface area contributed by atoms with Gasteiger partial charge in [-0.3, -0.25) is 4.79 Å². The molecule has 0 unspecified atom stereocenters. The summed E-state index contributed by atoms with van der Waals surface area (Å²) in [7, 11) is 1.57. The van der Waals surface area contributed by atoms with Crippen molar-refractivity contribution in [3.63, 3.8) is 0 Å². The van der Waals surface area contributed by atoms with Crippen LogP contribution in [-0.4, -0.2) is 13.0 Å². The van der Waals surface area contributed by atoms with Crippen molar-refractivity contribution in [3.05, 3.63) is 42.5 Å². The van der Waals surface area contributed by atoms with Crippen molar-refractivity contribution in [2.45, 2.75) is 6.92 Å². The van der Waals surface area contributed by atoms with E-state index in [4.69, 9.17) is 15.2 Å². The number of hydrogen-bond donors (Lipinski definition) is 2. The van der Waals surface area contributed by atoms with Gasteiger partial charge in [0.2, 0.25) is 5.91 Å². The van der Waals surface area contributed by atoms with E-state index in [1.54, 1.807) is 37.4 Å². The smallest absolute Gasteiger partial charge is 0.221 e. The van der Waals surface area contributed by atoms with E-state index in [9.17, 15) is 4.79 Å². The van der Waals surface area contributed by atoms with Gasteiger partial charge in [-0.25, -0.2) is 0 Å². The van der Waals surface area contributed by atoms with E-state index in [2.05, 4.69) is 5.32 Å². The summed E-state index contributed by atoms with van der Waals surface area (Å²) >= 11 is 0. The van der Waals surface area contributed by atoms with Crippen molar-refractivity contribution in [3.8, 4) is 17.2 Å². The normalized spacial score (nSPS) is 9.90. The Morgan fingerprint density at radius 2 is 1.90 bits per heavy atom. The maximum Gasteiger partial charge on any atom is 0.221 e. The number of nitrogen functional groups attached to an aromatic ring is 1. The zero-order chi connectivity index (χ0) is 14.5. The van der Waals surface area contributed by atoms with Gasteiger partial charge in [0, 0.05) is 13.0 Å². The molecule has 0 aromatic heterocycles. The third kappa shape index (κ3) is 3.20. The summed E-state index contributed by atoms with van der Waals surface area (Å²) in [5, 5.41) is 2.71. The molecule has 2 rings (SSSR count). The number of nitrogens with two attached hydrogens (primary N) is 1. The molecule has 20 heavy (non-hydrogen) atoms. The van der Waals surface area contributed by atoms with Crippen LogP contribution in [0.2, 0.25) is 0 Å². The van der Waals surface area contributed by atoms with Crippen LogP contribution in [-0.2, 0) is 4.79 Å². The van der Waals surface area contributed by atoms with Gasteiger partial charge in [-0.15, -0.1) is 0 Å². The molecule has 0 radical (unpaired) electrons. The fraction of sp³-hybridized carbons (Fsp3) is 0.133. The topological polar surface area (TPSA) is 73.6 Å². The molecule has 0 aliphatic rings. The Bertz CT molecular complexity index is 626. The maximum absolute atomic E-state index is 11.2. The molecule has 0 saturated carbocycles. The van der Waals surface area contributed by atoms with E-state index >= 15 is 0 Å². The average molecular weight is 272 g/mol. The third-order valence-corrected chi connectivity index (χ3v) is 2.64. The number of hydrogen-bond acceptors (Lipinski definition) is 4. The molecule has 0 spiro atoms. The van der Waals surface area contributed by atoms with Crippen molar-refractivity contribution >= 4 is 17.3 Å². The predicted molar refractivity (Wildman–Crippen MR) is 78.2 cm³/mol. The number of benzene rings is 2. The standard InChI is InChI=1S/C15H16N2O3/c1-10(18)17-13-5-3-4-6-14(13)20-15-9-11(19-2)7-8-12(15)16/h3-9H,16H2,1-2H3,(H,17,18). The molecule has 3 N–H and O–H groups in total. The summed E-state index contributed by atoms with van der Waals surface area (Å²) in [5.74, 6) is 1.47. The Kier molecular flexibility index (Phi) is 4.10. The SMILES string of the molecule is COc1ccc(N)c(Oc2ccccc2NC(C)=O)c1. The molecular weight excluding hydrogens is 256 g/mol. The van der Waals surface area contributed by atoms with Gasteiger partial charge in [0.05, 0.1) is 18.5 Å². The highest BCUT2D eigenvalue weighted by molar-refractivity contribution is 5.90. The molecule has 104 valence electrons. The first kappa shape index (κ1) is 13.7. The number of methoxy groups -OCH3 is 1. The van der Waals surface area contributed by atoms with E-state index in [1.807, 2.05) is 12.1 Å². The third-order valence-electron chi connectivity index (χ3n) is 2.64. The van der Waals surface area contributed by atoms with Crippen molar-refractivity contribution in [2.24, 2.45) is 0 Å². The summed E-state index contributed by atoms with van der Waals surface area (Å²) in [6.07, 6.45) is 0. The molecule has 0 aliphatic carbocycles. The zero-order valence-corrected chi connectivity index (χ0v) is 11.3. The molecule has 0 atom stereocenters. The summed E-state index contributed by atoms with van der Waals surface area (Å²) in [6.45, 7) is 1.44. The monoisotopic (exact) mass is 272 g/mol. The Hall–Kier alpha value is -2.69. The number of nitrogens with one attached hydrogen (secondary N) is 1. The molecule has 5 nitrogen and oxygen atoms in total. The summed E-state index contributed by atoms with van der Waals surface area (Å²) in [4.78, 5) is 11.2. The lowest BCUT2D eigenvalue weighted by Gasteiger charge is -2.13. The summed E-state index contributed by atoms with van der Waals surface area (Å²) < 4.78 is 10.9. The van der Waals surface area contributed by atoms with Crippen LogP contribution in [0.25, 0.3) is 0 Å². The molecule has 0 heterocycles. The largest absolute Gasteiger partial charge is 0.497 e. The molecule has 5 heteroatoms. The quantitative estimate of drug-likeness (QED) is 0.839. The van der Waals surface area contributed by atoms with Gasteiger partial charge < -0.3 is 20.5 Å². The van der Waals surface area contributed by atoms with E-state index in [1.165, 1.54) is 6.92 Å². The maximum atomic E-state index is 11.2. The Morgan fingerprint density at radius 3 is 2.60 bits per heavy atom. The predicted octanol–water partition coefficient (Wildman–Crippen LogP) is 3.03. The van der Waals surface area contributed by atoms with Crippen LogP contribution in [0.15, 0.2) is 42.5 Å². The van der Waals surface area contributed by atoms with E-state index in [0.717, 1.165) is 0 Å². The molecule has 0 aliphatic heterocycles. The lowest BCUT2D eigenvalue weighted by atomic mass is 10.2. The van der Waals surface area contributed by atoms with Crippen LogP contribution < -0.4 is 20.5 Å². The number of carbonyl (C=O) groups excluding carboxylic acids is 1. The molecular formula is C15H16N2O3. The van der Waals surface area contributed by atoms with E-state index < -0.39 is 0 Å². The highest BCUT2D eigenvalue weighted by Crippen LogP contribution is 2.34. The van der Waals surface area contributed by atoms with Crippen LogP contribution >= 0.6 is 0 Å². The van der Waals surface area contributed by atoms with Gasteiger partial charge in [0.25, 0.3) is 0 Å². The van der Waals surface area contributed by atoms with Gasteiger partial charge in [-0.2, -0.15) is 0 Å². The molecule has 2 aromatic rings. The van der Waals surface area contributed by atoms with Crippen LogP contribution in [0.4, 0.5) is 11.4 Å². The number of amides is 1. The highest BCUT2D eigenvalue weighted by Gasteiger charge is 2.09. The van der Waals surface area contributed by atoms with Crippen LogP contribution in [0, 0.1) is 0 Å². The number of ether oxygens (including phenoxy) is 2. The van der Waals surface area contributed by atoms with Crippen molar-refractivity contribution in [1.29, 1.82) is 0 Å². The number of anilines is 2. The van der Waals surface area contributed by atoms with Gasteiger partial charge in [-0.05, 0) is 24.3 Å². The van der Waals surface area contributed by atoms with Crippen molar-refractivity contribution < 1.29 is 14.3 Å².